The van der Waals surface area contributed by atoms with Crippen LogP contribution in [0.3, 0.4) is 0 Å². The molecule has 0 saturated heterocycles. The van der Waals surface area contributed by atoms with E-state index >= 15 is 0 Å². The maximum atomic E-state index is 13.0. The third kappa shape index (κ3) is 7.31. The molecule has 2 unspecified atom stereocenters. The Kier molecular flexibility index (Phi) is 8.80. The molecular formula is C30H34N2O2S. The van der Waals surface area contributed by atoms with Crippen molar-refractivity contribution in [1.29, 1.82) is 0 Å². The van der Waals surface area contributed by atoms with Crippen LogP contribution in [0.2, 0.25) is 0 Å². The average Bonchev–Trinajstić information content (AvgIpc) is 2.86. The van der Waals surface area contributed by atoms with Crippen LogP contribution >= 0.6 is 11.8 Å². The molecule has 0 aliphatic heterocycles. The summed E-state index contributed by atoms with van der Waals surface area (Å²) in [7, 11) is 0. The van der Waals surface area contributed by atoms with E-state index in [9.17, 15) is 9.90 Å². The van der Waals surface area contributed by atoms with E-state index in [1.165, 1.54) is 16.0 Å². The molecule has 0 bridgehead atoms. The van der Waals surface area contributed by atoms with Crippen LogP contribution < -0.4 is 10.6 Å². The van der Waals surface area contributed by atoms with Gasteiger partial charge in [-0.3, -0.25) is 4.79 Å². The lowest BCUT2D eigenvalue weighted by molar-refractivity contribution is 0.0854. The molecule has 4 rings (SSSR count). The van der Waals surface area contributed by atoms with Crippen molar-refractivity contribution in [1.82, 2.24) is 10.6 Å². The van der Waals surface area contributed by atoms with E-state index in [0.29, 0.717) is 36.2 Å². The van der Waals surface area contributed by atoms with Gasteiger partial charge < -0.3 is 15.7 Å². The van der Waals surface area contributed by atoms with Crippen LogP contribution in [0, 0.1) is 25.7 Å². The van der Waals surface area contributed by atoms with Gasteiger partial charge in [0.05, 0.1) is 12.1 Å². The van der Waals surface area contributed by atoms with Gasteiger partial charge >= 0.3 is 0 Å². The number of amides is 1. The number of aliphatic hydroxyl groups is 1. The lowest BCUT2D eigenvalue weighted by Gasteiger charge is -2.26. The smallest absolute Gasteiger partial charge is 0.251 e. The number of fused-ring (bicyclic) bond motifs is 1. The molecule has 2 aliphatic carbocycles. The summed E-state index contributed by atoms with van der Waals surface area (Å²) in [6.45, 7) is 5.10. The Bertz CT molecular complexity index is 1150. The van der Waals surface area contributed by atoms with E-state index in [0.717, 1.165) is 5.56 Å². The van der Waals surface area contributed by atoms with Crippen molar-refractivity contribution in [3.63, 3.8) is 0 Å². The predicted molar refractivity (Wildman–Crippen MR) is 146 cm³/mol. The van der Waals surface area contributed by atoms with E-state index in [4.69, 9.17) is 0 Å². The number of carbonyl (C=O) groups is 1. The number of carbonyl (C=O) groups excluding carboxylic acids is 1. The summed E-state index contributed by atoms with van der Waals surface area (Å²) in [6, 6.07) is 15.5. The molecule has 35 heavy (non-hydrogen) atoms. The van der Waals surface area contributed by atoms with Crippen molar-refractivity contribution < 1.29 is 9.90 Å². The fourth-order valence-electron chi connectivity index (χ4n) is 4.35. The van der Waals surface area contributed by atoms with Crippen molar-refractivity contribution in [3.05, 3.63) is 118 Å². The zero-order valence-electron chi connectivity index (χ0n) is 20.4. The van der Waals surface area contributed by atoms with Crippen LogP contribution in [0.4, 0.5) is 0 Å². The lowest BCUT2D eigenvalue weighted by atomic mass is 9.85. The second-order valence-electron chi connectivity index (χ2n) is 9.30. The number of nitrogens with one attached hydrogen (secondary N) is 2. The van der Waals surface area contributed by atoms with E-state index in [2.05, 4.69) is 78.3 Å². The Balaban J connectivity index is 1.39. The molecular weight excluding hydrogens is 452 g/mol. The minimum absolute atomic E-state index is 0.161. The number of rotatable bonds is 10. The number of benzene rings is 2. The molecule has 2 aromatic carbocycles. The SMILES string of the molecule is Cc1cccc(CNC[C@H](O)[C@H](CSC2=CC3C=CC=CC3C=C2)NC(=O)c2cccc(C)c2)c1. The number of thioether (sulfide) groups is 1. The first kappa shape index (κ1) is 25.2. The monoisotopic (exact) mass is 486 g/mol. The van der Waals surface area contributed by atoms with Crippen molar-refractivity contribution in [2.75, 3.05) is 12.3 Å². The topological polar surface area (TPSA) is 61.4 Å². The van der Waals surface area contributed by atoms with Gasteiger partial charge in [0.25, 0.3) is 5.91 Å². The molecule has 0 aromatic heterocycles. The normalized spacial score (nSPS) is 20.1. The second-order valence-corrected chi connectivity index (χ2v) is 10.4. The lowest BCUT2D eigenvalue weighted by Crippen LogP contribution is -2.49. The predicted octanol–water partition coefficient (Wildman–Crippen LogP) is 5.10. The molecule has 182 valence electrons. The van der Waals surface area contributed by atoms with Gasteiger partial charge in [0.2, 0.25) is 0 Å². The molecule has 0 saturated carbocycles. The van der Waals surface area contributed by atoms with Crippen LogP contribution in [0.5, 0.6) is 0 Å². The minimum Gasteiger partial charge on any atom is -0.390 e. The number of aliphatic hydroxyl groups excluding tert-OH is 1. The summed E-state index contributed by atoms with van der Waals surface area (Å²) in [5.74, 6) is 1.20. The Hall–Kier alpha value is -2.86. The molecule has 0 fully saturated rings. The Morgan fingerprint density at radius 3 is 2.51 bits per heavy atom. The Morgan fingerprint density at radius 1 is 1.00 bits per heavy atom. The van der Waals surface area contributed by atoms with Gasteiger partial charge in [0.1, 0.15) is 0 Å². The van der Waals surface area contributed by atoms with Gasteiger partial charge in [0.15, 0.2) is 0 Å². The summed E-state index contributed by atoms with van der Waals surface area (Å²) in [4.78, 5) is 14.2. The first-order chi connectivity index (χ1) is 17.0. The molecule has 0 radical (unpaired) electrons. The van der Waals surface area contributed by atoms with E-state index in [1.807, 2.05) is 37.3 Å². The van der Waals surface area contributed by atoms with Crippen LogP contribution in [-0.4, -0.2) is 35.5 Å². The molecule has 0 heterocycles. The van der Waals surface area contributed by atoms with Gasteiger partial charge in [-0.15, -0.1) is 11.8 Å². The second kappa shape index (κ2) is 12.2. The van der Waals surface area contributed by atoms with E-state index in [1.54, 1.807) is 11.8 Å². The highest BCUT2D eigenvalue weighted by Crippen LogP contribution is 2.32. The summed E-state index contributed by atoms with van der Waals surface area (Å²) in [5.41, 5.74) is 4.03. The van der Waals surface area contributed by atoms with Gasteiger partial charge in [-0.05, 0) is 31.5 Å². The number of allylic oxidation sites excluding steroid dienone is 7. The molecule has 4 nitrogen and oxygen atoms in total. The Morgan fingerprint density at radius 2 is 1.74 bits per heavy atom. The summed E-state index contributed by atoms with van der Waals surface area (Å²) < 4.78 is 0. The van der Waals surface area contributed by atoms with Gasteiger partial charge in [-0.2, -0.15) is 0 Å². The molecule has 5 heteroatoms. The standard InChI is InChI=1S/C30H34N2O2S/c1-21-7-5-9-23(15-21)18-31-19-29(33)28(32-30(34)26-12-6-8-22(2)16-26)20-35-27-14-13-24-10-3-4-11-25(24)17-27/h3-17,24-25,28-29,31,33H,18-20H2,1-2H3,(H,32,34)/t24?,25?,28-,29-/m0/s1. The number of aryl methyl sites for hydroxylation is 2. The molecule has 1 amide bonds. The maximum absolute atomic E-state index is 13.0. The number of hydrogen-bond donors (Lipinski definition) is 3. The molecule has 2 aliphatic rings. The van der Waals surface area contributed by atoms with Crippen LogP contribution in [-0.2, 0) is 6.54 Å². The minimum atomic E-state index is -0.723. The van der Waals surface area contributed by atoms with Crippen LogP contribution in [0.15, 0.2) is 96.0 Å². The molecule has 0 spiro atoms. The third-order valence-electron chi connectivity index (χ3n) is 6.32. The zero-order chi connectivity index (χ0) is 24.6. The highest BCUT2D eigenvalue weighted by molar-refractivity contribution is 8.03. The summed E-state index contributed by atoms with van der Waals surface area (Å²) >= 11 is 1.68. The Labute approximate surface area is 212 Å². The summed E-state index contributed by atoms with van der Waals surface area (Å²) in [6.07, 6.45) is 14.5. The fraction of sp³-hybridized carbons (Fsp3) is 0.300. The first-order valence-corrected chi connectivity index (χ1v) is 13.2. The first-order valence-electron chi connectivity index (χ1n) is 12.2. The fourth-order valence-corrected chi connectivity index (χ4v) is 5.46. The molecule has 3 N–H and O–H groups in total. The highest BCUT2D eigenvalue weighted by atomic mass is 32.2. The highest BCUT2D eigenvalue weighted by Gasteiger charge is 2.24. The summed E-state index contributed by atoms with van der Waals surface area (Å²) in [5, 5.41) is 17.5. The van der Waals surface area contributed by atoms with Crippen LogP contribution in [0.25, 0.3) is 0 Å². The third-order valence-corrected chi connectivity index (χ3v) is 7.45. The zero-order valence-corrected chi connectivity index (χ0v) is 21.2. The van der Waals surface area contributed by atoms with Crippen LogP contribution in [0.1, 0.15) is 27.0 Å². The van der Waals surface area contributed by atoms with Crippen molar-refractivity contribution in [3.8, 4) is 0 Å². The molecule has 2 aromatic rings. The van der Waals surface area contributed by atoms with Gasteiger partial charge in [-0.1, -0.05) is 90.1 Å². The van der Waals surface area contributed by atoms with Gasteiger partial charge in [-0.25, -0.2) is 0 Å². The van der Waals surface area contributed by atoms with E-state index < -0.39 is 12.1 Å². The van der Waals surface area contributed by atoms with Crippen molar-refractivity contribution in [2.45, 2.75) is 32.5 Å². The van der Waals surface area contributed by atoms with Crippen molar-refractivity contribution >= 4 is 17.7 Å². The number of hydrogen-bond acceptors (Lipinski definition) is 4. The average molecular weight is 487 g/mol. The maximum Gasteiger partial charge on any atom is 0.251 e. The van der Waals surface area contributed by atoms with Gasteiger partial charge in [0, 0.05) is 41.1 Å². The largest absolute Gasteiger partial charge is 0.390 e. The van der Waals surface area contributed by atoms with E-state index in [-0.39, 0.29) is 5.91 Å². The molecule has 4 atom stereocenters. The van der Waals surface area contributed by atoms with Crippen molar-refractivity contribution in [2.24, 2.45) is 11.8 Å². The quantitative estimate of drug-likeness (QED) is 0.437.